The number of thiophene rings is 1. The third kappa shape index (κ3) is 6.43. The predicted octanol–water partition coefficient (Wildman–Crippen LogP) is 14.6. The molecule has 0 spiro atoms. The molecule has 0 bridgehead atoms. The third-order valence-electron chi connectivity index (χ3n) is 10.3. The van der Waals surface area contributed by atoms with E-state index in [1.165, 1.54) is 28.2 Å². The highest BCUT2D eigenvalue weighted by Gasteiger charge is 2.20. The minimum absolute atomic E-state index is 0.474. The maximum Gasteiger partial charge on any atom is 0.489 e. The van der Waals surface area contributed by atoms with Gasteiger partial charge in [-0.25, -0.2) is 0 Å². The van der Waals surface area contributed by atoms with E-state index < -0.39 is 7.12 Å². The fraction of sp³-hybridized carbons (Fsp3) is 0. The van der Waals surface area contributed by atoms with Gasteiger partial charge in [-0.15, -0.1) is 11.3 Å². The number of benzene rings is 8. The van der Waals surface area contributed by atoms with Crippen molar-refractivity contribution in [2.24, 2.45) is 0 Å². The summed E-state index contributed by atoms with van der Waals surface area (Å²) in [6.45, 7) is 0. The van der Waals surface area contributed by atoms with Gasteiger partial charge in [0.05, 0.1) is 4.47 Å². The zero-order valence-electron chi connectivity index (χ0n) is 30.2. The molecule has 5 nitrogen and oxygen atoms in total. The van der Waals surface area contributed by atoms with Gasteiger partial charge in [0.15, 0.2) is 0 Å². The first kappa shape index (κ1) is 37.3. The Morgan fingerprint density at radius 3 is 1.64 bits per heavy atom. The second kappa shape index (κ2) is 15.3. The van der Waals surface area contributed by atoms with Crippen LogP contribution < -0.4 is 5.46 Å². The topological polar surface area (TPSA) is 79.9 Å². The standard InChI is InChI=1S/C24H13BrO2.C12H9BO3.C12H6BrIS/c25-18-10-3-9-17-23-15(8-5-13-21(23)27-24(17)18)14-7-4-12-20-22(14)16-6-1-2-11-19(16)26-20;14-13(15)9-5-3-7-11-12(9)8-4-1-2-6-10(8)16-11;13-8-4-1-3-7-11-9(14)5-2-6-10(11)15-12(7)8/h1-13H;1-7,14-15H;1-6H. The summed E-state index contributed by atoms with van der Waals surface area (Å²) < 4.78 is 24.1. The molecule has 280 valence electrons. The fourth-order valence-corrected chi connectivity index (χ4v) is 11.0. The molecule has 0 fully saturated rings. The lowest BCUT2D eigenvalue weighted by atomic mass is 9.77. The Morgan fingerprint density at radius 1 is 0.448 bits per heavy atom. The van der Waals surface area contributed by atoms with E-state index in [0.29, 0.717) is 11.0 Å². The summed E-state index contributed by atoms with van der Waals surface area (Å²) in [5.41, 5.74) is 7.79. The van der Waals surface area contributed by atoms with Crippen LogP contribution in [0.3, 0.4) is 0 Å². The van der Waals surface area contributed by atoms with Gasteiger partial charge in [-0.1, -0.05) is 103 Å². The molecule has 0 saturated carbocycles. The molecule has 0 aliphatic carbocycles. The van der Waals surface area contributed by atoms with Crippen LogP contribution in [0.15, 0.2) is 180 Å². The number of halogens is 3. The monoisotopic (exact) mass is 1010 g/mol. The van der Waals surface area contributed by atoms with E-state index in [4.69, 9.17) is 13.3 Å². The molecule has 0 aliphatic rings. The van der Waals surface area contributed by atoms with Crippen LogP contribution in [0, 0.1) is 3.57 Å². The number of para-hydroxylation sites is 3. The lowest BCUT2D eigenvalue weighted by molar-refractivity contribution is 0.426. The Bertz CT molecular complexity index is 3510. The minimum atomic E-state index is -1.48. The number of rotatable bonds is 2. The molecule has 4 heterocycles. The van der Waals surface area contributed by atoms with Crippen molar-refractivity contribution < 1.29 is 23.3 Å². The van der Waals surface area contributed by atoms with Crippen LogP contribution in [-0.2, 0) is 0 Å². The molecule has 4 aromatic heterocycles. The molecule has 10 heteroatoms. The lowest BCUT2D eigenvalue weighted by Crippen LogP contribution is -2.30. The average molecular weight is 1010 g/mol. The fourth-order valence-electron chi connectivity index (χ4n) is 7.82. The number of hydrogen-bond donors (Lipinski definition) is 2. The molecule has 12 rings (SSSR count). The molecule has 58 heavy (non-hydrogen) atoms. The molecule has 0 aliphatic heterocycles. The minimum Gasteiger partial charge on any atom is -0.456 e. The SMILES string of the molecule is Brc1cccc2c1oc1cccc(-c3cccc4oc5ccccc5c34)c12.Brc1cccc2c1sc1cccc(I)c12.OB(O)c1cccc2oc3ccccc3c12. The average Bonchev–Trinajstić information content (AvgIpc) is 4.02. The van der Waals surface area contributed by atoms with E-state index in [-0.39, 0.29) is 0 Å². The first-order valence-electron chi connectivity index (χ1n) is 18.4. The summed E-state index contributed by atoms with van der Waals surface area (Å²) >= 11 is 11.5. The number of fused-ring (bicyclic) bond motifs is 12. The normalized spacial score (nSPS) is 11.5. The van der Waals surface area contributed by atoms with Gasteiger partial charge in [-0.05, 0) is 126 Å². The van der Waals surface area contributed by atoms with Crippen LogP contribution in [0.1, 0.15) is 0 Å². The summed E-state index contributed by atoms with van der Waals surface area (Å²) in [6.07, 6.45) is 0. The van der Waals surface area contributed by atoms with Gasteiger partial charge in [0.2, 0.25) is 0 Å². The Hall–Kier alpha value is -4.95. The summed E-state index contributed by atoms with van der Waals surface area (Å²) in [7, 11) is -1.48. The maximum atomic E-state index is 9.31. The molecule has 0 amide bonds. The first-order chi connectivity index (χ1) is 28.4. The van der Waals surface area contributed by atoms with E-state index in [9.17, 15) is 10.0 Å². The van der Waals surface area contributed by atoms with Crippen LogP contribution in [0.4, 0.5) is 0 Å². The van der Waals surface area contributed by atoms with Gasteiger partial charge in [-0.2, -0.15) is 0 Å². The molecule has 0 radical (unpaired) electrons. The van der Waals surface area contributed by atoms with E-state index in [0.717, 1.165) is 75.8 Å². The van der Waals surface area contributed by atoms with Gasteiger partial charge in [0, 0.05) is 60.5 Å². The highest BCUT2D eigenvalue weighted by atomic mass is 127. The smallest absolute Gasteiger partial charge is 0.456 e. The van der Waals surface area contributed by atoms with Crippen LogP contribution >= 0.6 is 65.8 Å². The van der Waals surface area contributed by atoms with Crippen LogP contribution in [-0.4, -0.2) is 17.2 Å². The van der Waals surface area contributed by atoms with Crippen molar-refractivity contribution in [1.82, 2.24) is 0 Å². The molecule has 0 atom stereocenters. The molecular formula is C48H28BBr2IO5S. The van der Waals surface area contributed by atoms with Crippen molar-refractivity contribution in [1.29, 1.82) is 0 Å². The van der Waals surface area contributed by atoms with Gasteiger partial charge in [-0.3, -0.25) is 0 Å². The van der Waals surface area contributed by atoms with Gasteiger partial charge in [0.1, 0.15) is 33.5 Å². The molecule has 2 N–H and O–H groups in total. The number of furan rings is 3. The maximum absolute atomic E-state index is 9.31. The van der Waals surface area contributed by atoms with Crippen molar-refractivity contribution in [3.63, 3.8) is 0 Å². The first-order valence-corrected chi connectivity index (χ1v) is 21.9. The van der Waals surface area contributed by atoms with Crippen molar-refractivity contribution in [2.45, 2.75) is 0 Å². The zero-order chi connectivity index (χ0) is 39.5. The molecule has 8 aromatic carbocycles. The lowest BCUT2D eigenvalue weighted by Gasteiger charge is -2.06. The van der Waals surface area contributed by atoms with E-state index in [1.807, 2.05) is 78.1 Å². The summed E-state index contributed by atoms with van der Waals surface area (Å²) in [6, 6.07) is 52.5. The summed E-state index contributed by atoms with van der Waals surface area (Å²) in [4.78, 5) is 0. The quantitative estimate of drug-likeness (QED) is 0.133. The largest absolute Gasteiger partial charge is 0.489 e. The molecular weight excluding hydrogens is 986 g/mol. The number of hydrogen-bond acceptors (Lipinski definition) is 6. The molecule has 0 unspecified atom stereocenters. The van der Waals surface area contributed by atoms with E-state index in [2.05, 4.69) is 133 Å². The van der Waals surface area contributed by atoms with Crippen LogP contribution in [0.2, 0.25) is 0 Å². The van der Waals surface area contributed by atoms with Crippen LogP contribution in [0.5, 0.6) is 0 Å². The van der Waals surface area contributed by atoms with Gasteiger partial charge in [0.25, 0.3) is 0 Å². The molecule has 12 aromatic rings. The van der Waals surface area contributed by atoms with Crippen molar-refractivity contribution in [3.8, 4) is 11.1 Å². The van der Waals surface area contributed by atoms with Crippen molar-refractivity contribution in [3.05, 3.63) is 170 Å². The predicted molar refractivity (Wildman–Crippen MR) is 257 cm³/mol. The van der Waals surface area contributed by atoms with Crippen molar-refractivity contribution >= 4 is 164 Å². The second-order valence-electron chi connectivity index (χ2n) is 13.7. The van der Waals surface area contributed by atoms with Gasteiger partial charge < -0.3 is 23.3 Å². The van der Waals surface area contributed by atoms with E-state index in [1.54, 1.807) is 12.1 Å². The summed E-state index contributed by atoms with van der Waals surface area (Å²) in [5.74, 6) is 0. The van der Waals surface area contributed by atoms with Gasteiger partial charge >= 0.3 is 7.12 Å². The Labute approximate surface area is 366 Å². The Kier molecular flexibility index (Phi) is 9.87. The third-order valence-corrected chi connectivity index (χ3v) is 14.0. The second-order valence-corrected chi connectivity index (χ2v) is 17.6. The van der Waals surface area contributed by atoms with E-state index >= 15 is 0 Å². The Morgan fingerprint density at radius 2 is 0.948 bits per heavy atom. The highest BCUT2D eigenvalue weighted by Crippen LogP contribution is 2.43. The zero-order valence-corrected chi connectivity index (χ0v) is 36.4. The Balaban J connectivity index is 0.000000113. The van der Waals surface area contributed by atoms with Crippen molar-refractivity contribution in [2.75, 3.05) is 0 Å². The van der Waals surface area contributed by atoms with Crippen LogP contribution in [0.25, 0.3) is 97.1 Å². The molecule has 0 saturated heterocycles. The highest BCUT2D eigenvalue weighted by molar-refractivity contribution is 14.1. The summed E-state index contributed by atoms with van der Waals surface area (Å²) in [5, 5.41) is 27.6.